The van der Waals surface area contributed by atoms with Gasteiger partial charge in [-0.2, -0.15) is 4.98 Å². The number of carbonyl (C=O) groups is 1. The Kier molecular flexibility index (Phi) is 6.61. The van der Waals surface area contributed by atoms with Crippen molar-refractivity contribution in [3.8, 4) is 5.69 Å². The molecule has 1 fully saturated rings. The lowest BCUT2D eigenvalue weighted by molar-refractivity contribution is -0.126. The van der Waals surface area contributed by atoms with Gasteiger partial charge in [0.15, 0.2) is 11.5 Å². The lowest BCUT2D eigenvalue weighted by atomic mass is 10.0. The SMILES string of the molecule is C=CC(=O)N1CCN(c2nc(=O)n3c4nc(c(F)cc24)SCn2cc(nn2)Cc2ccnc(C(C)C)c2-3)[C@@H](C)C1. The van der Waals surface area contributed by atoms with Crippen molar-refractivity contribution in [2.75, 3.05) is 24.5 Å². The predicted octanol–water partition coefficient (Wildman–Crippen LogP) is 2.91. The number of hydrogen-bond acceptors (Lipinski definition) is 9. The van der Waals surface area contributed by atoms with Gasteiger partial charge in [0.05, 0.1) is 28.3 Å². The van der Waals surface area contributed by atoms with E-state index in [4.69, 9.17) is 4.98 Å². The number of aromatic nitrogens is 7. The summed E-state index contributed by atoms with van der Waals surface area (Å²) in [5, 5.41) is 9.03. The van der Waals surface area contributed by atoms with Gasteiger partial charge in [0, 0.05) is 44.5 Å². The molecule has 6 heterocycles. The molecule has 0 saturated carbocycles. The minimum absolute atomic E-state index is 0.0232. The molecular formula is C27H28FN9O2S. The molecule has 1 amide bonds. The van der Waals surface area contributed by atoms with Crippen molar-refractivity contribution >= 4 is 34.5 Å². The van der Waals surface area contributed by atoms with Crippen LogP contribution in [0.2, 0.25) is 0 Å². The molecule has 6 rings (SSSR count). The van der Waals surface area contributed by atoms with E-state index in [9.17, 15) is 9.59 Å². The van der Waals surface area contributed by atoms with E-state index in [1.165, 1.54) is 28.5 Å². The van der Waals surface area contributed by atoms with Crippen LogP contribution >= 0.6 is 11.8 Å². The summed E-state index contributed by atoms with van der Waals surface area (Å²) in [5.41, 5.74) is 2.57. The van der Waals surface area contributed by atoms with Crippen molar-refractivity contribution in [1.29, 1.82) is 0 Å². The number of thioether (sulfide) groups is 1. The molecule has 0 N–H and O–H groups in total. The van der Waals surface area contributed by atoms with Crippen LogP contribution in [-0.2, 0) is 17.1 Å². The highest BCUT2D eigenvalue weighted by Crippen LogP contribution is 2.34. The first-order valence-corrected chi connectivity index (χ1v) is 14.0. The summed E-state index contributed by atoms with van der Waals surface area (Å²) in [6.45, 7) is 10.8. The van der Waals surface area contributed by atoms with Crippen LogP contribution in [0, 0.1) is 5.82 Å². The zero-order chi connectivity index (χ0) is 28.1. The Morgan fingerprint density at radius 2 is 2.10 bits per heavy atom. The van der Waals surface area contributed by atoms with Gasteiger partial charge < -0.3 is 9.80 Å². The molecule has 1 saturated heterocycles. The Morgan fingerprint density at radius 1 is 1.27 bits per heavy atom. The van der Waals surface area contributed by atoms with Gasteiger partial charge in [0.25, 0.3) is 0 Å². The van der Waals surface area contributed by atoms with Gasteiger partial charge in [-0.3, -0.25) is 9.78 Å². The Labute approximate surface area is 233 Å². The molecule has 4 aromatic heterocycles. The Morgan fingerprint density at radius 3 is 2.85 bits per heavy atom. The zero-order valence-corrected chi connectivity index (χ0v) is 23.2. The highest BCUT2D eigenvalue weighted by Gasteiger charge is 2.31. The quantitative estimate of drug-likeness (QED) is 0.348. The van der Waals surface area contributed by atoms with Gasteiger partial charge in [-0.25, -0.2) is 23.4 Å². The van der Waals surface area contributed by atoms with Crippen molar-refractivity contribution in [1.82, 2.24) is 39.4 Å². The number of pyridine rings is 2. The third-order valence-electron chi connectivity index (χ3n) is 7.25. The van der Waals surface area contributed by atoms with Crippen LogP contribution in [0.5, 0.6) is 0 Å². The highest BCUT2D eigenvalue weighted by atomic mass is 32.2. The first-order valence-electron chi connectivity index (χ1n) is 13.1. The topological polar surface area (TPSA) is 115 Å². The van der Waals surface area contributed by atoms with Crippen molar-refractivity contribution < 1.29 is 9.18 Å². The van der Waals surface area contributed by atoms with E-state index in [1.807, 2.05) is 37.9 Å². The number of anilines is 1. The molecule has 0 radical (unpaired) electrons. The smallest absolute Gasteiger partial charge is 0.350 e. The standard InChI is InChI=1S/C27H28FN9O2S/c1-5-21(38)34-8-9-36(16(4)12-34)24-19-11-20(28)26-30-25(19)37(27(39)31-24)23-17(6-7-29-22(23)15(2)3)10-18-13-35(14-40-26)33-32-18/h5-7,11,13,15-16H,1,8-10,12,14H2,2-4H3/t16-/m0/s1. The molecule has 13 heteroatoms. The van der Waals surface area contributed by atoms with Crippen LogP contribution in [0.15, 0.2) is 47.0 Å². The number of fused-ring (bicyclic) bond motifs is 5. The molecule has 0 unspecified atom stereocenters. The molecule has 0 aromatic carbocycles. The van der Waals surface area contributed by atoms with Gasteiger partial charge in [-0.05, 0) is 36.6 Å². The summed E-state index contributed by atoms with van der Waals surface area (Å²) < 4.78 is 18.7. The Bertz CT molecular complexity index is 1720. The number of piperazine rings is 1. The maximum absolute atomic E-state index is 15.6. The molecule has 206 valence electrons. The second-order valence-electron chi connectivity index (χ2n) is 10.3. The van der Waals surface area contributed by atoms with E-state index in [2.05, 4.69) is 26.9 Å². The van der Waals surface area contributed by atoms with E-state index in [-0.39, 0.29) is 22.9 Å². The fourth-order valence-corrected chi connectivity index (χ4v) is 6.08. The van der Waals surface area contributed by atoms with Gasteiger partial charge in [-0.15, -0.1) is 5.10 Å². The largest absolute Gasteiger partial charge is 0.355 e. The molecule has 0 spiro atoms. The van der Waals surface area contributed by atoms with Gasteiger partial charge >= 0.3 is 5.69 Å². The zero-order valence-electron chi connectivity index (χ0n) is 22.4. The molecule has 0 aliphatic carbocycles. The summed E-state index contributed by atoms with van der Waals surface area (Å²) in [5.74, 6) is -0.0464. The third-order valence-corrected chi connectivity index (χ3v) is 8.21. The van der Waals surface area contributed by atoms with Crippen LogP contribution in [-0.4, -0.2) is 71.0 Å². The average molecular weight is 562 g/mol. The lowest BCUT2D eigenvalue weighted by Gasteiger charge is -2.40. The van der Waals surface area contributed by atoms with Crippen LogP contribution < -0.4 is 10.6 Å². The molecular weight excluding hydrogens is 533 g/mol. The second-order valence-corrected chi connectivity index (χ2v) is 11.2. The van der Waals surface area contributed by atoms with Crippen LogP contribution in [0.3, 0.4) is 0 Å². The lowest BCUT2D eigenvalue weighted by Crippen LogP contribution is -2.54. The normalized spacial score (nSPS) is 17.1. The summed E-state index contributed by atoms with van der Waals surface area (Å²) in [7, 11) is 0. The molecule has 4 bridgehead atoms. The average Bonchev–Trinajstić information content (AvgIpc) is 3.38. The second kappa shape index (κ2) is 10.1. The van der Waals surface area contributed by atoms with Crippen LogP contribution in [0.25, 0.3) is 16.7 Å². The van der Waals surface area contributed by atoms with E-state index < -0.39 is 11.5 Å². The van der Waals surface area contributed by atoms with Gasteiger partial charge in [0.1, 0.15) is 10.8 Å². The number of rotatable bonds is 3. The van der Waals surface area contributed by atoms with E-state index >= 15 is 4.39 Å². The third kappa shape index (κ3) is 4.43. The molecule has 4 aromatic rings. The van der Waals surface area contributed by atoms with Crippen LogP contribution in [0.4, 0.5) is 10.2 Å². The van der Waals surface area contributed by atoms with E-state index in [0.717, 1.165) is 11.3 Å². The predicted molar refractivity (Wildman–Crippen MR) is 149 cm³/mol. The summed E-state index contributed by atoms with van der Waals surface area (Å²) in [6, 6.07) is 3.08. The van der Waals surface area contributed by atoms with Crippen molar-refractivity contribution in [3.63, 3.8) is 0 Å². The monoisotopic (exact) mass is 561 g/mol. The maximum atomic E-state index is 15.6. The Hall–Kier alpha value is -4.13. The summed E-state index contributed by atoms with van der Waals surface area (Å²) in [6.07, 6.45) is 5.25. The highest BCUT2D eigenvalue weighted by molar-refractivity contribution is 7.98. The molecule has 2 aliphatic rings. The minimum Gasteiger partial charge on any atom is -0.350 e. The summed E-state index contributed by atoms with van der Waals surface area (Å²) >= 11 is 1.17. The minimum atomic E-state index is -0.536. The molecule has 40 heavy (non-hydrogen) atoms. The van der Waals surface area contributed by atoms with E-state index in [1.54, 1.807) is 15.8 Å². The van der Waals surface area contributed by atoms with Crippen molar-refractivity contribution in [2.24, 2.45) is 0 Å². The van der Waals surface area contributed by atoms with Crippen molar-refractivity contribution in [3.05, 3.63) is 70.4 Å². The Balaban J connectivity index is 1.62. The first-order chi connectivity index (χ1) is 19.2. The number of nitrogens with zero attached hydrogens (tertiary/aromatic N) is 9. The number of carbonyl (C=O) groups excluding carboxylic acids is 1. The fraction of sp³-hybridized carbons (Fsp3) is 0.370. The van der Waals surface area contributed by atoms with Gasteiger partial charge in [-0.1, -0.05) is 37.4 Å². The first kappa shape index (κ1) is 26.1. The van der Waals surface area contributed by atoms with Crippen molar-refractivity contribution in [2.45, 2.75) is 50.1 Å². The maximum Gasteiger partial charge on any atom is 0.355 e. The number of amides is 1. The number of hydrogen-bond donors (Lipinski definition) is 0. The summed E-state index contributed by atoms with van der Waals surface area (Å²) in [4.78, 5) is 43.8. The molecule has 2 aliphatic heterocycles. The fourth-order valence-electron chi connectivity index (χ4n) is 5.35. The van der Waals surface area contributed by atoms with E-state index in [0.29, 0.717) is 60.2 Å². The molecule has 1 atom stereocenters. The van der Waals surface area contributed by atoms with Crippen LogP contribution in [0.1, 0.15) is 43.6 Å². The number of halogens is 1. The molecule has 11 nitrogen and oxygen atoms in total. The van der Waals surface area contributed by atoms with Gasteiger partial charge in [0.2, 0.25) is 5.91 Å².